The molecule has 0 aromatic rings. The Bertz CT molecular complexity index is 432. The standard InChI is InChI=1S/C19H34N2O2/c1-18(2,3)16-14(7-6-10-23-16)11-21-17(22)19-9-5-4-8-15(19)12-20-13-19/h14-16,20H,4-13H2,1-3H3,(H,21,22)/t14?,15-,16?,19+/m0/s1. The van der Waals surface area contributed by atoms with Gasteiger partial charge in [-0.15, -0.1) is 0 Å². The van der Waals surface area contributed by atoms with E-state index in [-0.39, 0.29) is 16.9 Å². The van der Waals surface area contributed by atoms with Crippen molar-refractivity contribution in [3.05, 3.63) is 0 Å². The first-order chi connectivity index (χ1) is 10.9. The van der Waals surface area contributed by atoms with Crippen LogP contribution in [0.4, 0.5) is 0 Å². The molecule has 1 saturated carbocycles. The molecule has 3 rings (SSSR count). The molecule has 132 valence electrons. The highest BCUT2D eigenvalue weighted by molar-refractivity contribution is 5.83. The minimum Gasteiger partial charge on any atom is -0.377 e. The van der Waals surface area contributed by atoms with Crippen LogP contribution in [0, 0.1) is 22.7 Å². The Balaban J connectivity index is 1.61. The molecule has 0 bridgehead atoms. The van der Waals surface area contributed by atoms with Crippen molar-refractivity contribution in [2.24, 2.45) is 22.7 Å². The predicted molar refractivity (Wildman–Crippen MR) is 92.2 cm³/mol. The Kier molecular flexibility index (Phi) is 5.03. The minimum absolute atomic E-state index is 0.134. The Hall–Kier alpha value is -0.610. The summed E-state index contributed by atoms with van der Waals surface area (Å²) in [6.45, 7) is 10.3. The van der Waals surface area contributed by atoms with Crippen LogP contribution in [0.1, 0.15) is 59.3 Å². The maximum atomic E-state index is 13.0. The number of nitrogens with one attached hydrogen (secondary N) is 2. The van der Waals surface area contributed by atoms with Crippen LogP contribution in [0.15, 0.2) is 0 Å². The number of carbonyl (C=O) groups excluding carboxylic acids is 1. The third-order valence-corrected chi connectivity index (χ3v) is 6.31. The summed E-state index contributed by atoms with van der Waals surface area (Å²) < 4.78 is 6.05. The maximum absolute atomic E-state index is 13.0. The Morgan fingerprint density at radius 3 is 2.87 bits per heavy atom. The molecule has 23 heavy (non-hydrogen) atoms. The largest absolute Gasteiger partial charge is 0.377 e. The lowest BCUT2D eigenvalue weighted by molar-refractivity contribution is -0.135. The lowest BCUT2D eigenvalue weighted by Crippen LogP contribution is -2.51. The van der Waals surface area contributed by atoms with Crippen molar-refractivity contribution in [1.29, 1.82) is 0 Å². The number of rotatable bonds is 3. The van der Waals surface area contributed by atoms with Crippen molar-refractivity contribution in [3.63, 3.8) is 0 Å². The van der Waals surface area contributed by atoms with Crippen molar-refractivity contribution in [1.82, 2.24) is 10.6 Å². The SMILES string of the molecule is CC(C)(C)C1OCCCC1CNC(=O)[C@@]12CCCC[C@H]1CNC2. The summed E-state index contributed by atoms with van der Waals surface area (Å²) in [6.07, 6.45) is 7.27. The molecule has 3 aliphatic rings. The average molecular weight is 322 g/mol. The van der Waals surface area contributed by atoms with Crippen LogP contribution in [0.25, 0.3) is 0 Å². The van der Waals surface area contributed by atoms with Crippen molar-refractivity contribution < 1.29 is 9.53 Å². The monoisotopic (exact) mass is 322 g/mol. The summed E-state index contributed by atoms with van der Waals surface area (Å²) in [5, 5.41) is 6.80. The summed E-state index contributed by atoms with van der Waals surface area (Å²) in [6, 6.07) is 0. The van der Waals surface area contributed by atoms with Gasteiger partial charge in [0.25, 0.3) is 0 Å². The van der Waals surface area contributed by atoms with Crippen LogP contribution in [-0.2, 0) is 9.53 Å². The van der Waals surface area contributed by atoms with Gasteiger partial charge >= 0.3 is 0 Å². The van der Waals surface area contributed by atoms with Crippen LogP contribution in [0.5, 0.6) is 0 Å². The number of fused-ring (bicyclic) bond motifs is 1. The molecule has 2 saturated heterocycles. The lowest BCUT2D eigenvalue weighted by Gasteiger charge is -2.41. The number of hydrogen-bond acceptors (Lipinski definition) is 3. The maximum Gasteiger partial charge on any atom is 0.227 e. The second-order valence-electron chi connectivity index (χ2n) is 9.00. The number of amides is 1. The first kappa shape index (κ1) is 17.2. The van der Waals surface area contributed by atoms with E-state index in [0.29, 0.717) is 17.7 Å². The van der Waals surface area contributed by atoms with Gasteiger partial charge in [0.1, 0.15) is 0 Å². The van der Waals surface area contributed by atoms with Crippen LogP contribution in [0.2, 0.25) is 0 Å². The van der Waals surface area contributed by atoms with Gasteiger partial charge < -0.3 is 15.4 Å². The third-order valence-electron chi connectivity index (χ3n) is 6.31. The lowest BCUT2D eigenvalue weighted by atomic mass is 9.67. The van der Waals surface area contributed by atoms with E-state index in [0.717, 1.165) is 45.5 Å². The summed E-state index contributed by atoms with van der Waals surface area (Å²) in [4.78, 5) is 13.0. The normalized spacial score (nSPS) is 38.1. The molecule has 4 atom stereocenters. The zero-order chi connectivity index (χ0) is 16.5. The predicted octanol–water partition coefficient (Wildman–Crippen LogP) is 2.72. The highest BCUT2D eigenvalue weighted by atomic mass is 16.5. The van der Waals surface area contributed by atoms with Crippen LogP contribution in [-0.4, -0.2) is 38.3 Å². The fourth-order valence-corrected chi connectivity index (χ4v) is 5.10. The first-order valence-corrected chi connectivity index (χ1v) is 9.54. The number of carbonyl (C=O) groups is 1. The topological polar surface area (TPSA) is 50.4 Å². The zero-order valence-electron chi connectivity index (χ0n) is 15.1. The fourth-order valence-electron chi connectivity index (χ4n) is 5.10. The van der Waals surface area contributed by atoms with Gasteiger partial charge in [0.05, 0.1) is 11.5 Å². The van der Waals surface area contributed by atoms with Crippen molar-refractivity contribution >= 4 is 5.91 Å². The molecule has 4 heteroatoms. The summed E-state index contributed by atoms with van der Waals surface area (Å²) in [5.74, 6) is 1.28. The van der Waals surface area contributed by atoms with E-state index in [1.54, 1.807) is 0 Å². The molecule has 2 N–H and O–H groups in total. The van der Waals surface area contributed by atoms with E-state index in [1.165, 1.54) is 19.3 Å². The average Bonchev–Trinajstić information content (AvgIpc) is 2.97. The number of hydrogen-bond donors (Lipinski definition) is 2. The number of ether oxygens (including phenoxy) is 1. The minimum atomic E-state index is -0.134. The fraction of sp³-hybridized carbons (Fsp3) is 0.947. The molecule has 0 spiro atoms. The molecule has 2 unspecified atom stereocenters. The van der Waals surface area contributed by atoms with Gasteiger partial charge in [0.15, 0.2) is 0 Å². The molecule has 1 amide bonds. The van der Waals surface area contributed by atoms with E-state index >= 15 is 0 Å². The van der Waals surface area contributed by atoms with Gasteiger partial charge in [-0.3, -0.25) is 4.79 Å². The van der Waals surface area contributed by atoms with Gasteiger partial charge in [-0.05, 0) is 43.6 Å². The first-order valence-electron chi connectivity index (χ1n) is 9.54. The van der Waals surface area contributed by atoms with Gasteiger partial charge in [0.2, 0.25) is 5.91 Å². The molecule has 0 aromatic heterocycles. The molecular weight excluding hydrogens is 288 g/mol. The van der Waals surface area contributed by atoms with Crippen LogP contribution < -0.4 is 10.6 Å². The van der Waals surface area contributed by atoms with E-state index in [4.69, 9.17) is 4.74 Å². The molecule has 1 aliphatic carbocycles. The van der Waals surface area contributed by atoms with Crippen LogP contribution in [0.3, 0.4) is 0 Å². The van der Waals surface area contributed by atoms with E-state index in [2.05, 4.69) is 31.4 Å². The highest BCUT2D eigenvalue weighted by Crippen LogP contribution is 2.44. The molecular formula is C19H34N2O2. The second kappa shape index (κ2) is 6.72. The highest BCUT2D eigenvalue weighted by Gasteiger charge is 2.50. The van der Waals surface area contributed by atoms with Gasteiger partial charge in [-0.25, -0.2) is 0 Å². The Labute approximate surface area is 141 Å². The van der Waals surface area contributed by atoms with Gasteiger partial charge in [-0.1, -0.05) is 33.6 Å². The Morgan fingerprint density at radius 2 is 2.09 bits per heavy atom. The third kappa shape index (κ3) is 3.43. The quantitative estimate of drug-likeness (QED) is 0.840. The smallest absolute Gasteiger partial charge is 0.227 e. The molecule has 3 fully saturated rings. The van der Waals surface area contributed by atoms with Crippen molar-refractivity contribution in [3.8, 4) is 0 Å². The van der Waals surface area contributed by atoms with Gasteiger partial charge in [0, 0.05) is 25.6 Å². The molecule has 4 nitrogen and oxygen atoms in total. The van der Waals surface area contributed by atoms with Crippen molar-refractivity contribution in [2.45, 2.75) is 65.4 Å². The van der Waals surface area contributed by atoms with E-state index < -0.39 is 0 Å². The van der Waals surface area contributed by atoms with E-state index in [9.17, 15) is 4.79 Å². The zero-order valence-corrected chi connectivity index (χ0v) is 15.1. The van der Waals surface area contributed by atoms with Crippen LogP contribution >= 0.6 is 0 Å². The summed E-state index contributed by atoms with van der Waals surface area (Å²) in [7, 11) is 0. The molecule has 2 aliphatic heterocycles. The van der Waals surface area contributed by atoms with E-state index in [1.807, 2.05) is 0 Å². The van der Waals surface area contributed by atoms with Gasteiger partial charge in [-0.2, -0.15) is 0 Å². The second-order valence-corrected chi connectivity index (χ2v) is 9.00. The molecule has 0 radical (unpaired) electrons. The van der Waals surface area contributed by atoms with Crippen molar-refractivity contribution in [2.75, 3.05) is 26.2 Å². The summed E-state index contributed by atoms with van der Waals surface area (Å²) in [5.41, 5.74) is 0.00138. The molecule has 0 aromatic carbocycles. The Morgan fingerprint density at radius 1 is 1.26 bits per heavy atom. The summed E-state index contributed by atoms with van der Waals surface area (Å²) >= 11 is 0. The molecule has 2 heterocycles.